The van der Waals surface area contributed by atoms with Crippen molar-refractivity contribution in [1.29, 1.82) is 0 Å². The van der Waals surface area contributed by atoms with Crippen molar-refractivity contribution in [3.8, 4) is 11.8 Å². The van der Waals surface area contributed by atoms with Gasteiger partial charge in [-0.2, -0.15) is 0 Å². The Morgan fingerprint density at radius 1 is 1.40 bits per heavy atom. The summed E-state index contributed by atoms with van der Waals surface area (Å²) in [6.45, 7) is 5.06. The number of hydrogen-bond donors (Lipinski definition) is 2. The number of rotatable bonds is 4. The van der Waals surface area contributed by atoms with Crippen molar-refractivity contribution in [3.63, 3.8) is 0 Å². The van der Waals surface area contributed by atoms with E-state index in [0.29, 0.717) is 12.1 Å². The highest BCUT2D eigenvalue weighted by Crippen LogP contribution is 2.09. The number of benzene rings is 1. The SMILES string of the molecule is Cc1cc(C#CCN)cc(C(=O)NC(C)CN(C)C)c1. The van der Waals surface area contributed by atoms with E-state index in [1.54, 1.807) is 6.07 Å². The van der Waals surface area contributed by atoms with Crippen LogP contribution in [0.2, 0.25) is 0 Å². The lowest BCUT2D eigenvalue weighted by atomic mass is 10.1. The Morgan fingerprint density at radius 2 is 2.10 bits per heavy atom. The molecule has 1 aromatic carbocycles. The van der Waals surface area contributed by atoms with Gasteiger partial charge in [-0.3, -0.25) is 4.79 Å². The van der Waals surface area contributed by atoms with Crippen molar-refractivity contribution >= 4 is 5.91 Å². The van der Waals surface area contributed by atoms with Crippen LogP contribution in [0.15, 0.2) is 18.2 Å². The number of nitrogens with two attached hydrogens (primary N) is 1. The molecule has 1 rings (SSSR count). The quantitative estimate of drug-likeness (QED) is 0.804. The molecule has 0 aromatic heterocycles. The molecule has 0 bridgehead atoms. The summed E-state index contributed by atoms with van der Waals surface area (Å²) in [4.78, 5) is 14.3. The first-order valence-electron chi connectivity index (χ1n) is 6.68. The first-order valence-corrected chi connectivity index (χ1v) is 6.68. The molecule has 1 amide bonds. The zero-order chi connectivity index (χ0) is 15.1. The Hall–Kier alpha value is -1.83. The molecule has 0 spiro atoms. The van der Waals surface area contributed by atoms with Gasteiger partial charge in [0.1, 0.15) is 0 Å². The second-order valence-electron chi connectivity index (χ2n) is 5.23. The number of nitrogens with zero attached hydrogens (tertiary/aromatic N) is 1. The van der Waals surface area contributed by atoms with Crippen LogP contribution < -0.4 is 11.1 Å². The summed E-state index contributed by atoms with van der Waals surface area (Å²) in [6, 6.07) is 5.71. The van der Waals surface area contributed by atoms with Gasteiger partial charge >= 0.3 is 0 Å². The van der Waals surface area contributed by atoms with Crippen molar-refractivity contribution in [2.75, 3.05) is 27.2 Å². The molecule has 4 heteroatoms. The fourth-order valence-corrected chi connectivity index (χ4v) is 2.04. The van der Waals surface area contributed by atoms with Crippen LogP contribution in [0.25, 0.3) is 0 Å². The Bertz CT molecular complexity index is 526. The molecule has 0 aliphatic heterocycles. The van der Waals surface area contributed by atoms with Gasteiger partial charge in [0.05, 0.1) is 6.54 Å². The first-order chi connectivity index (χ1) is 9.42. The van der Waals surface area contributed by atoms with E-state index in [1.165, 1.54) is 0 Å². The highest BCUT2D eigenvalue weighted by atomic mass is 16.1. The predicted octanol–water partition coefficient (Wildman–Crippen LogP) is 0.985. The summed E-state index contributed by atoms with van der Waals surface area (Å²) in [5.74, 6) is 5.70. The predicted molar refractivity (Wildman–Crippen MR) is 82.6 cm³/mol. The summed E-state index contributed by atoms with van der Waals surface area (Å²) in [5.41, 5.74) is 7.84. The molecule has 20 heavy (non-hydrogen) atoms. The van der Waals surface area contributed by atoms with Gasteiger partial charge in [0.2, 0.25) is 0 Å². The molecule has 4 nitrogen and oxygen atoms in total. The van der Waals surface area contributed by atoms with E-state index in [1.807, 2.05) is 45.0 Å². The van der Waals surface area contributed by atoms with E-state index in [2.05, 4.69) is 17.2 Å². The molecule has 0 aliphatic carbocycles. The molecule has 0 radical (unpaired) electrons. The summed E-state index contributed by atoms with van der Waals surface area (Å²) in [7, 11) is 3.96. The molecule has 1 atom stereocenters. The average Bonchev–Trinajstić information content (AvgIpc) is 2.34. The zero-order valence-corrected chi connectivity index (χ0v) is 12.7. The van der Waals surface area contributed by atoms with Gasteiger partial charge in [-0.15, -0.1) is 0 Å². The van der Waals surface area contributed by atoms with E-state index in [4.69, 9.17) is 5.73 Å². The smallest absolute Gasteiger partial charge is 0.251 e. The van der Waals surface area contributed by atoms with E-state index >= 15 is 0 Å². The van der Waals surface area contributed by atoms with E-state index < -0.39 is 0 Å². The molecule has 3 N–H and O–H groups in total. The van der Waals surface area contributed by atoms with Gasteiger partial charge in [-0.05, 0) is 51.7 Å². The summed E-state index contributed by atoms with van der Waals surface area (Å²) in [6.07, 6.45) is 0. The standard InChI is InChI=1S/C16H23N3O/c1-12-8-14(6-5-7-17)10-15(9-12)16(20)18-13(2)11-19(3)4/h8-10,13H,7,11,17H2,1-4H3,(H,18,20). The Morgan fingerprint density at radius 3 is 2.70 bits per heavy atom. The summed E-state index contributed by atoms with van der Waals surface area (Å²) < 4.78 is 0. The van der Waals surface area contributed by atoms with Gasteiger partial charge in [0.25, 0.3) is 5.91 Å². The second-order valence-corrected chi connectivity index (χ2v) is 5.23. The highest BCUT2D eigenvalue weighted by molar-refractivity contribution is 5.95. The van der Waals surface area contributed by atoms with Gasteiger partial charge in [-0.1, -0.05) is 11.8 Å². The molecule has 0 saturated heterocycles. The normalized spacial score (nSPS) is 11.7. The van der Waals surface area contributed by atoms with Crippen LogP contribution in [-0.2, 0) is 0 Å². The fraction of sp³-hybridized carbons (Fsp3) is 0.438. The van der Waals surface area contributed by atoms with Crippen LogP contribution in [0.1, 0.15) is 28.4 Å². The summed E-state index contributed by atoms with van der Waals surface area (Å²) in [5, 5.41) is 2.98. The third-order valence-electron chi connectivity index (χ3n) is 2.69. The highest BCUT2D eigenvalue weighted by Gasteiger charge is 2.11. The topological polar surface area (TPSA) is 58.4 Å². The monoisotopic (exact) mass is 273 g/mol. The van der Waals surface area contributed by atoms with Gasteiger partial charge < -0.3 is 16.0 Å². The Kier molecular flexibility index (Phi) is 6.23. The molecular formula is C16H23N3O. The number of amides is 1. The molecule has 1 aromatic rings. The molecule has 108 valence electrons. The average molecular weight is 273 g/mol. The zero-order valence-electron chi connectivity index (χ0n) is 12.7. The van der Waals surface area contributed by atoms with E-state index in [-0.39, 0.29) is 11.9 Å². The molecule has 0 saturated carbocycles. The van der Waals surface area contributed by atoms with Crippen LogP contribution in [0, 0.1) is 18.8 Å². The van der Waals surface area contributed by atoms with Crippen LogP contribution in [-0.4, -0.2) is 44.0 Å². The third kappa shape index (κ3) is 5.43. The van der Waals surface area contributed by atoms with Crippen molar-refractivity contribution in [2.24, 2.45) is 5.73 Å². The van der Waals surface area contributed by atoms with Gasteiger partial charge in [0.15, 0.2) is 0 Å². The van der Waals surface area contributed by atoms with E-state index in [9.17, 15) is 4.79 Å². The molecule has 0 heterocycles. The minimum atomic E-state index is -0.0705. The lowest BCUT2D eigenvalue weighted by Gasteiger charge is -2.18. The van der Waals surface area contributed by atoms with Crippen molar-refractivity contribution in [3.05, 3.63) is 34.9 Å². The van der Waals surface area contributed by atoms with E-state index in [0.717, 1.165) is 17.7 Å². The van der Waals surface area contributed by atoms with Crippen LogP contribution in [0.3, 0.4) is 0 Å². The van der Waals surface area contributed by atoms with Crippen LogP contribution in [0.4, 0.5) is 0 Å². The number of likely N-dealkylation sites (N-methyl/N-ethyl adjacent to an activating group) is 1. The van der Waals surface area contributed by atoms with Crippen molar-refractivity contribution in [1.82, 2.24) is 10.2 Å². The van der Waals surface area contributed by atoms with Crippen LogP contribution >= 0.6 is 0 Å². The first kappa shape index (κ1) is 16.2. The fourth-order valence-electron chi connectivity index (χ4n) is 2.04. The number of carbonyl (C=O) groups excluding carboxylic acids is 1. The molecule has 0 aliphatic rings. The maximum Gasteiger partial charge on any atom is 0.251 e. The maximum absolute atomic E-state index is 12.2. The molecule has 1 unspecified atom stereocenters. The number of nitrogens with one attached hydrogen (secondary N) is 1. The number of hydrogen-bond acceptors (Lipinski definition) is 3. The van der Waals surface area contributed by atoms with Crippen molar-refractivity contribution in [2.45, 2.75) is 19.9 Å². The second kappa shape index (κ2) is 7.68. The molecule has 0 fully saturated rings. The minimum absolute atomic E-state index is 0.0705. The lowest BCUT2D eigenvalue weighted by Crippen LogP contribution is -2.39. The van der Waals surface area contributed by atoms with Crippen molar-refractivity contribution < 1.29 is 4.79 Å². The third-order valence-corrected chi connectivity index (χ3v) is 2.69. The van der Waals surface area contributed by atoms with Gasteiger partial charge in [-0.25, -0.2) is 0 Å². The Balaban J connectivity index is 2.84. The summed E-state index contributed by atoms with van der Waals surface area (Å²) >= 11 is 0. The molecular weight excluding hydrogens is 250 g/mol. The van der Waals surface area contributed by atoms with Gasteiger partial charge in [0, 0.05) is 23.7 Å². The number of carbonyl (C=O) groups is 1. The van der Waals surface area contributed by atoms with Crippen LogP contribution in [0.5, 0.6) is 0 Å². The minimum Gasteiger partial charge on any atom is -0.348 e. The lowest BCUT2D eigenvalue weighted by molar-refractivity contribution is 0.0934. The largest absolute Gasteiger partial charge is 0.348 e. The Labute approximate surface area is 121 Å². The number of aryl methyl sites for hydroxylation is 1. The maximum atomic E-state index is 12.2.